The third kappa shape index (κ3) is 6.17. The zero-order chi connectivity index (χ0) is 18.8. The van der Waals surface area contributed by atoms with Gasteiger partial charge in [0.15, 0.2) is 17.5 Å². The Balaban J connectivity index is 2.42. The fraction of sp³-hybridized carbons (Fsp3) is 0.231. The van der Waals surface area contributed by atoms with Crippen molar-refractivity contribution in [2.24, 2.45) is 0 Å². The van der Waals surface area contributed by atoms with Crippen LogP contribution in [0.25, 0.3) is 11.4 Å². The van der Waals surface area contributed by atoms with Crippen LogP contribution in [0, 0.1) is 0 Å². The lowest BCUT2D eigenvalue weighted by Gasteiger charge is -2.15. The Morgan fingerprint density at radius 1 is 0.920 bits per heavy atom. The molecule has 2 aromatic rings. The summed E-state index contributed by atoms with van der Waals surface area (Å²) in [5.41, 5.74) is 0.549. The van der Waals surface area contributed by atoms with E-state index in [2.05, 4.69) is 15.0 Å². The first-order valence-corrected chi connectivity index (χ1v) is 9.57. The van der Waals surface area contributed by atoms with Gasteiger partial charge in [0.1, 0.15) is 0 Å². The Hall–Kier alpha value is -0.210. The van der Waals surface area contributed by atoms with E-state index in [1.54, 1.807) is 24.3 Å². The molecule has 0 spiro atoms. The van der Waals surface area contributed by atoms with Gasteiger partial charge in [-0.15, -0.1) is 11.8 Å². The molecule has 0 saturated heterocycles. The number of aromatic nitrogens is 3. The summed E-state index contributed by atoms with van der Waals surface area (Å²) in [5.74, 6) is -1.19. The highest BCUT2D eigenvalue weighted by atomic mass is 35.6. The van der Waals surface area contributed by atoms with Crippen LogP contribution >= 0.6 is 81.4 Å². The summed E-state index contributed by atoms with van der Waals surface area (Å²) in [5, 5.41) is 8.70. The zero-order valence-electron chi connectivity index (χ0n) is 11.9. The molecule has 134 valence electrons. The molecule has 1 aromatic carbocycles. The number of rotatable bonds is 4. The van der Waals surface area contributed by atoms with Crippen LogP contribution in [-0.4, -0.2) is 31.8 Å². The van der Waals surface area contributed by atoms with Gasteiger partial charge >= 0.3 is 5.97 Å². The summed E-state index contributed by atoms with van der Waals surface area (Å²) in [7, 11) is 0. The fourth-order valence-electron chi connectivity index (χ4n) is 1.60. The van der Waals surface area contributed by atoms with Crippen LogP contribution in [0.4, 0.5) is 0 Å². The van der Waals surface area contributed by atoms with Gasteiger partial charge in [-0.3, -0.25) is 4.79 Å². The first kappa shape index (κ1) is 21.1. The number of alkyl halides is 6. The second-order valence-electron chi connectivity index (χ2n) is 4.51. The lowest BCUT2D eigenvalue weighted by Crippen LogP contribution is -2.16. The van der Waals surface area contributed by atoms with E-state index in [1.807, 2.05) is 0 Å². The van der Waals surface area contributed by atoms with Crippen molar-refractivity contribution in [2.75, 3.05) is 5.75 Å². The number of benzene rings is 1. The zero-order valence-corrected chi connectivity index (χ0v) is 17.2. The number of carbonyl (C=O) groups is 1. The summed E-state index contributed by atoms with van der Waals surface area (Å²) in [6.45, 7) is 0. The van der Waals surface area contributed by atoms with Crippen molar-refractivity contribution in [2.45, 2.75) is 12.5 Å². The van der Waals surface area contributed by atoms with Gasteiger partial charge in [0.2, 0.25) is 7.59 Å². The molecule has 1 heterocycles. The number of hydrogen-bond donors (Lipinski definition) is 1. The first-order chi connectivity index (χ1) is 11.5. The van der Waals surface area contributed by atoms with E-state index in [9.17, 15) is 4.79 Å². The fourth-order valence-corrected chi connectivity index (χ4v) is 2.73. The first-order valence-electron chi connectivity index (χ1n) is 6.32. The number of carboxylic acid groups (broad SMARTS) is 1. The predicted molar refractivity (Wildman–Crippen MR) is 102 cm³/mol. The summed E-state index contributed by atoms with van der Waals surface area (Å²) < 4.78 is -3.86. The summed E-state index contributed by atoms with van der Waals surface area (Å²) in [6.07, 6.45) is 0. The molecule has 0 saturated carbocycles. The molecule has 1 N–H and O–H groups in total. The maximum Gasteiger partial charge on any atom is 0.313 e. The van der Waals surface area contributed by atoms with E-state index < -0.39 is 13.6 Å². The van der Waals surface area contributed by atoms with Crippen molar-refractivity contribution in [1.29, 1.82) is 0 Å². The predicted octanol–water partition coefficient (Wildman–Crippen LogP) is 5.37. The van der Waals surface area contributed by atoms with E-state index in [1.165, 1.54) is 11.8 Å². The molecule has 5 nitrogen and oxygen atoms in total. The minimum Gasteiger partial charge on any atom is -0.481 e. The van der Waals surface area contributed by atoms with Gasteiger partial charge in [0.25, 0.3) is 0 Å². The van der Waals surface area contributed by atoms with Crippen molar-refractivity contribution in [3.8, 4) is 11.4 Å². The van der Waals surface area contributed by atoms with Crippen LogP contribution in [0.3, 0.4) is 0 Å². The van der Waals surface area contributed by atoms with Gasteiger partial charge < -0.3 is 5.11 Å². The lowest BCUT2D eigenvalue weighted by molar-refractivity contribution is -0.133. The van der Waals surface area contributed by atoms with E-state index in [4.69, 9.17) is 74.7 Å². The molecular weight excluding hydrogens is 475 g/mol. The molecule has 0 bridgehead atoms. The summed E-state index contributed by atoms with van der Waals surface area (Å²) in [6, 6.07) is 6.75. The number of carboxylic acids is 1. The molecule has 0 fully saturated rings. The third-order valence-electron chi connectivity index (χ3n) is 2.62. The van der Waals surface area contributed by atoms with Gasteiger partial charge in [0.05, 0.1) is 5.75 Å². The number of hydrogen-bond acceptors (Lipinski definition) is 5. The van der Waals surface area contributed by atoms with Crippen LogP contribution in [0.5, 0.6) is 0 Å². The Bertz CT molecular complexity index is 745. The molecule has 1 aromatic heterocycles. The van der Waals surface area contributed by atoms with Gasteiger partial charge in [-0.2, -0.15) is 0 Å². The number of thioether (sulfide) groups is 1. The van der Waals surface area contributed by atoms with Crippen LogP contribution in [0.2, 0.25) is 0 Å². The second kappa shape index (κ2) is 8.21. The van der Waals surface area contributed by atoms with Gasteiger partial charge in [-0.25, -0.2) is 15.0 Å². The third-order valence-corrected chi connectivity index (χ3v) is 4.63. The molecule has 0 aliphatic rings. The smallest absolute Gasteiger partial charge is 0.313 e. The molecule has 0 aliphatic heterocycles. The van der Waals surface area contributed by atoms with E-state index >= 15 is 0 Å². The SMILES string of the molecule is O=C(O)CSc1ccc(-c2nc(C(Cl)(Cl)Cl)nc(C(Cl)(Cl)Cl)n2)cc1. The molecule has 0 unspecified atom stereocenters. The van der Waals surface area contributed by atoms with Crippen LogP contribution in [-0.2, 0) is 12.4 Å². The molecule has 0 aliphatic carbocycles. The highest BCUT2D eigenvalue weighted by molar-refractivity contribution is 8.00. The van der Waals surface area contributed by atoms with Crippen molar-refractivity contribution in [1.82, 2.24) is 15.0 Å². The van der Waals surface area contributed by atoms with Gasteiger partial charge in [-0.05, 0) is 12.1 Å². The molecular formula is C13H7Cl6N3O2S. The highest BCUT2D eigenvalue weighted by Crippen LogP contribution is 2.40. The normalized spacial score (nSPS) is 12.2. The number of nitrogens with zero attached hydrogens (tertiary/aromatic N) is 3. The number of halogens is 6. The maximum absolute atomic E-state index is 10.6. The van der Waals surface area contributed by atoms with Crippen LogP contribution < -0.4 is 0 Å². The summed E-state index contributed by atoms with van der Waals surface area (Å²) in [4.78, 5) is 23.4. The van der Waals surface area contributed by atoms with Gasteiger partial charge in [-0.1, -0.05) is 81.7 Å². The van der Waals surface area contributed by atoms with Crippen LogP contribution in [0.1, 0.15) is 11.6 Å². The Labute approximate surface area is 177 Å². The van der Waals surface area contributed by atoms with Gasteiger partial charge in [0, 0.05) is 10.5 Å². The minimum atomic E-state index is -1.93. The van der Waals surface area contributed by atoms with Crippen molar-refractivity contribution < 1.29 is 9.90 Å². The Kier molecular flexibility index (Phi) is 6.93. The largest absolute Gasteiger partial charge is 0.481 e. The Morgan fingerprint density at radius 3 is 1.80 bits per heavy atom. The monoisotopic (exact) mass is 479 g/mol. The molecule has 12 heteroatoms. The summed E-state index contributed by atoms with van der Waals surface area (Å²) >= 11 is 36.1. The maximum atomic E-state index is 10.6. The quantitative estimate of drug-likeness (QED) is 0.467. The molecule has 25 heavy (non-hydrogen) atoms. The Morgan fingerprint density at radius 2 is 1.40 bits per heavy atom. The van der Waals surface area contributed by atoms with E-state index in [-0.39, 0.29) is 23.2 Å². The topological polar surface area (TPSA) is 76.0 Å². The number of aliphatic carboxylic acids is 1. The molecule has 0 amide bonds. The molecule has 2 rings (SSSR count). The molecule has 0 atom stereocenters. The minimum absolute atomic E-state index is 0.0556. The van der Waals surface area contributed by atoms with Crippen molar-refractivity contribution >= 4 is 87.3 Å². The molecule has 0 radical (unpaired) electrons. The van der Waals surface area contributed by atoms with Crippen molar-refractivity contribution in [3.63, 3.8) is 0 Å². The van der Waals surface area contributed by atoms with Crippen LogP contribution in [0.15, 0.2) is 29.2 Å². The standard InChI is InChI=1S/C13H7Cl6N3O2S/c14-12(15,16)10-20-9(21-11(22-10)13(17,18)19)6-1-3-7(4-2-6)25-5-8(23)24/h1-4H,5H2,(H,23,24). The average molecular weight is 482 g/mol. The highest BCUT2D eigenvalue weighted by Gasteiger charge is 2.33. The van der Waals surface area contributed by atoms with Crippen molar-refractivity contribution in [3.05, 3.63) is 35.9 Å². The average Bonchev–Trinajstić information content (AvgIpc) is 2.51. The lowest BCUT2D eigenvalue weighted by atomic mass is 10.2. The van der Waals surface area contributed by atoms with E-state index in [0.29, 0.717) is 5.56 Å². The van der Waals surface area contributed by atoms with E-state index in [0.717, 1.165) is 4.90 Å². The second-order valence-corrected chi connectivity index (χ2v) is 10.1.